The number of hydrogen-bond donors (Lipinski definition) is 2. The minimum Gasteiger partial charge on any atom is -0.444 e. The Labute approximate surface area is 182 Å². The topological polar surface area (TPSA) is 115 Å². The summed E-state index contributed by atoms with van der Waals surface area (Å²) >= 11 is 0. The molecule has 9 nitrogen and oxygen atoms in total. The normalized spacial score (nSPS) is 15.3. The summed E-state index contributed by atoms with van der Waals surface area (Å²) in [5, 5.41) is 7.17. The summed E-state index contributed by atoms with van der Waals surface area (Å²) in [5.74, 6) is 0.304. The average Bonchev–Trinajstić information content (AvgIpc) is 3.02. The standard InChI is InChI=1S/C22H30N6O3/c1-15-14-28(20(23)25-15)24-13-16-5-7-17(8-6-16)19(29)27-11-9-18(10-12-27)26-21(30)31-22(2,3)4/h5-8,13-14,18H,9-12H2,1-4H3,(H2,23,25)(H,26,30). The van der Waals surface area contributed by atoms with E-state index >= 15 is 0 Å². The highest BCUT2D eigenvalue weighted by Crippen LogP contribution is 2.16. The van der Waals surface area contributed by atoms with Gasteiger partial charge in [0, 0.05) is 24.7 Å². The van der Waals surface area contributed by atoms with Crippen molar-refractivity contribution < 1.29 is 14.3 Å². The predicted molar refractivity (Wildman–Crippen MR) is 119 cm³/mol. The Balaban J connectivity index is 1.52. The lowest BCUT2D eigenvalue weighted by molar-refractivity contribution is 0.0473. The fourth-order valence-corrected chi connectivity index (χ4v) is 3.32. The SMILES string of the molecule is Cc1cn(N=Cc2ccc(C(=O)N3CCC(NC(=O)OC(C)(C)C)CC3)cc2)c(N)n1. The molecule has 2 aromatic rings. The largest absolute Gasteiger partial charge is 0.444 e. The first kappa shape index (κ1) is 22.3. The lowest BCUT2D eigenvalue weighted by atomic mass is 10.0. The van der Waals surface area contributed by atoms with Crippen molar-refractivity contribution in [3.63, 3.8) is 0 Å². The molecule has 31 heavy (non-hydrogen) atoms. The quantitative estimate of drug-likeness (QED) is 0.730. The fraction of sp³-hybridized carbons (Fsp3) is 0.455. The number of amides is 2. The van der Waals surface area contributed by atoms with E-state index in [9.17, 15) is 9.59 Å². The van der Waals surface area contributed by atoms with E-state index in [0.29, 0.717) is 37.4 Å². The summed E-state index contributed by atoms with van der Waals surface area (Å²) in [6.07, 6.45) is 4.38. The summed E-state index contributed by atoms with van der Waals surface area (Å²) in [7, 11) is 0. The summed E-state index contributed by atoms with van der Waals surface area (Å²) < 4.78 is 6.80. The Kier molecular flexibility index (Phi) is 6.62. The number of likely N-dealkylation sites (tertiary alicyclic amines) is 1. The number of carbonyl (C=O) groups excluding carboxylic acids is 2. The van der Waals surface area contributed by atoms with Gasteiger partial charge in [-0.05, 0) is 58.2 Å². The molecule has 1 aliphatic rings. The van der Waals surface area contributed by atoms with Gasteiger partial charge in [-0.1, -0.05) is 12.1 Å². The van der Waals surface area contributed by atoms with Crippen molar-refractivity contribution in [1.29, 1.82) is 0 Å². The molecular weight excluding hydrogens is 396 g/mol. The minimum absolute atomic E-state index is 0.0109. The molecule has 0 bridgehead atoms. The van der Waals surface area contributed by atoms with Gasteiger partial charge in [0.15, 0.2) is 0 Å². The molecule has 166 valence electrons. The van der Waals surface area contributed by atoms with Gasteiger partial charge in [0.05, 0.1) is 18.1 Å². The van der Waals surface area contributed by atoms with Gasteiger partial charge < -0.3 is 20.7 Å². The molecule has 0 spiro atoms. The molecule has 1 aromatic carbocycles. The molecule has 9 heteroatoms. The number of nitrogens with one attached hydrogen (secondary N) is 1. The van der Waals surface area contributed by atoms with Gasteiger partial charge in [0.1, 0.15) is 5.60 Å². The van der Waals surface area contributed by atoms with Crippen LogP contribution in [0.25, 0.3) is 0 Å². The number of alkyl carbamates (subject to hydrolysis) is 1. The Hall–Kier alpha value is -3.36. The van der Waals surface area contributed by atoms with Gasteiger partial charge >= 0.3 is 6.09 Å². The number of nitrogen functional groups attached to an aromatic ring is 1. The van der Waals surface area contributed by atoms with Crippen LogP contribution in [0.4, 0.5) is 10.7 Å². The molecule has 1 aromatic heterocycles. The number of hydrogen-bond acceptors (Lipinski definition) is 6. The van der Waals surface area contributed by atoms with E-state index < -0.39 is 11.7 Å². The second kappa shape index (κ2) is 9.20. The molecule has 1 saturated heterocycles. The maximum absolute atomic E-state index is 12.8. The second-order valence-electron chi connectivity index (χ2n) is 8.66. The van der Waals surface area contributed by atoms with Crippen LogP contribution in [-0.4, -0.2) is 57.5 Å². The number of aromatic nitrogens is 2. The molecule has 0 unspecified atom stereocenters. The van der Waals surface area contributed by atoms with E-state index in [4.69, 9.17) is 10.5 Å². The fourth-order valence-electron chi connectivity index (χ4n) is 3.32. The molecule has 0 atom stereocenters. The zero-order valence-corrected chi connectivity index (χ0v) is 18.5. The van der Waals surface area contributed by atoms with E-state index in [0.717, 1.165) is 11.3 Å². The lowest BCUT2D eigenvalue weighted by Crippen LogP contribution is -2.47. The summed E-state index contributed by atoms with van der Waals surface area (Å²) in [6, 6.07) is 7.27. The van der Waals surface area contributed by atoms with Crippen LogP contribution in [0.5, 0.6) is 0 Å². The second-order valence-corrected chi connectivity index (χ2v) is 8.66. The van der Waals surface area contributed by atoms with Crippen molar-refractivity contribution >= 4 is 24.2 Å². The van der Waals surface area contributed by atoms with Gasteiger partial charge in [0.25, 0.3) is 5.91 Å². The van der Waals surface area contributed by atoms with Gasteiger partial charge in [0.2, 0.25) is 5.95 Å². The van der Waals surface area contributed by atoms with E-state index in [1.807, 2.05) is 44.7 Å². The van der Waals surface area contributed by atoms with Crippen molar-refractivity contribution in [2.24, 2.45) is 5.10 Å². The number of nitrogens with two attached hydrogens (primary N) is 1. The number of nitrogens with zero attached hydrogens (tertiary/aromatic N) is 4. The first-order chi connectivity index (χ1) is 14.6. The Morgan fingerprint density at radius 3 is 2.42 bits per heavy atom. The van der Waals surface area contributed by atoms with Crippen LogP contribution in [0.2, 0.25) is 0 Å². The van der Waals surface area contributed by atoms with Crippen LogP contribution in [0.15, 0.2) is 35.6 Å². The smallest absolute Gasteiger partial charge is 0.407 e. The summed E-state index contributed by atoms with van der Waals surface area (Å²) in [5.41, 5.74) is 7.51. The molecule has 1 fully saturated rings. The monoisotopic (exact) mass is 426 g/mol. The van der Waals surface area contributed by atoms with Crippen molar-refractivity contribution in [2.45, 2.75) is 52.2 Å². The highest BCUT2D eigenvalue weighted by Gasteiger charge is 2.26. The van der Waals surface area contributed by atoms with E-state index in [-0.39, 0.29) is 11.9 Å². The van der Waals surface area contributed by atoms with Crippen molar-refractivity contribution in [3.8, 4) is 0 Å². The number of carbonyl (C=O) groups is 2. The number of ether oxygens (including phenoxy) is 1. The lowest BCUT2D eigenvalue weighted by Gasteiger charge is -2.33. The summed E-state index contributed by atoms with van der Waals surface area (Å²) in [4.78, 5) is 30.6. The van der Waals surface area contributed by atoms with E-state index in [1.54, 1.807) is 24.5 Å². The van der Waals surface area contributed by atoms with Crippen LogP contribution in [0.3, 0.4) is 0 Å². The van der Waals surface area contributed by atoms with Crippen LogP contribution >= 0.6 is 0 Å². The predicted octanol–water partition coefficient (Wildman–Crippen LogP) is 2.79. The minimum atomic E-state index is -0.526. The van der Waals surface area contributed by atoms with E-state index in [2.05, 4.69) is 15.4 Å². The van der Waals surface area contributed by atoms with Crippen molar-refractivity contribution in [1.82, 2.24) is 19.9 Å². The Morgan fingerprint density at radius 1 is 1.23 bits per heavy atom. The molecule has 3 N–H and O–H groups in total. The van der Waals surface area contributed by atoms with Gasteiger partial charge in [-0.2, -0.15) is 5.10 Å². The molecule has 0 radical (unpaired) electrons. The van der Waals surface area contributed by atoms with Gasteiger partial charge in [-0.3, -0.25) is 4.79 Å². The Bertz CT molecular complexity index is 951. The number of benzene rings is 1. The highest BCUT2D eigenvalue weighted by atomic mass is 16.6. The van der Waals surface area contributed by atoms with Crippen LogP contribution < -0.4 is 11.1 Å². The molecular formula is C22H30N6O3. The van der Waals surface area contributed by atoms with Gasteiger partial charge in [-0.15, -0.1) is 0 Å². The average molecular weight is 427 g/mol. The third-order valence-corrected chi connectivity index (χ3v) is 4.83. The van der Waals surface area contributed by atoms with Crippen LogP contribution in [0.1, 0.15) is 55.2 Å². The maximum atomic E-state index is 12.8. The first-order valence-electron chi connectivity index (χ1n) is 10.4. The Morgan fingerprint density at radius 2 is 1.87 bits per heavy atom. The van der Waals surface area contributed by atoms with Crippen molar-refractivity contribution in [3.05, 3.63) is 47.3 Å². The molecule has 1 aliphatic heterocycles. The summed E-state index contributed by atoms with van der Waals surface area (Å²) in [6.45, 7) is 8.51. The number of aryl methyl sites for hydroxylation is 1. The maximum Gasteiger partial charge on any atom is 0.407 e. The number of anilines is 1. The van der Waals surface area contributed by atoms with Crippen LogP contribution in [0, 0.1) is 6.92 Å². The number of rotatable bonds is 4. The molecule has 2 amide bonds. The molecule has 0 aliphatic carbocycles. The van der Waals surface area contributed by atoms with Crippen molar-refractivity contribution in [2.75, 3.05) is 18.8 Å². The number of piperidine rings is 1. The third-order valence-electron chi connectivity index (χ3n) is 4.83. The first-order valence-corrected chi connectivity index (χ1v) is 10.4. The molecule has 0 saturated carbocycles. The van der Waals surface area contributed by atoms with E-state index in [1.165, 1.54) is 4.68 Å². The number of imidazole rings is 1. The molecule has 2 heterocycles. The molecule has 3 rings (SSSR count). The third kappa shape index (κ3) is 6.31. The highest BCUT2D eigenvalue weighted by molar-refractivity contribution is 5.95. The zero-order chi connectivity index (χ0) is 22.6. The van der Waals surface area contributed by atoms with Crippen LogP contribution in [-0.2, 0) is 4.74 Å². The zero-order valence-electron chi connectivity index (χ0n) is 18.5. The van der Waals surface area contributed by atoms with Gasteiger partial charge in [-0.25, -0.2) is 14.5 Å².